The average Bonchev–Trinajstić information content (AvgIpc) is 2.92. The fourth-order valence-electron chi connectivity index (χ4n) is 4.60. The summed E-state index contributed by atoms with van der Waals surface area (Å²) in [4.78, 5) is 12.8. The van der Waals surface area contributed by atoms with Crippen molar-refractivity contribution in [3.8, 4) is 34.3 Å². The first-order chi connectivity index (χ1) is 19.0. The summed E-state index contributed by atoms with van der Waals surface area (Å²) < 4.78 is 28.1. The van der Waals surface area contributed by atoms with E-state index in [1.54, 1.807) is 26.0 Å². The lowest BCUT2D eigenvalue weighted by Crippen LogP contribution is -2.59. The maximum absolute atomic E-state index is 12.8. The Morgan fingerprint density at radius 3 is 2.30 bits per heavy atom. The number of hydrogen-bond acceptors (Lipinski definition) is 13. The van der Waals surface area contributed by atoms with Gasteiger partial charge in [-0.05, 0) is 18.6 Å². The molecule has 13 heteroatoms. The highest BCUT2D eigenvalue weighted by Crippen LogP contribution is 2.43. The second-order valence-corrected chi connectivity index (χ2v) is 10.0. The van der Waals surface area contributed by atoms with E-state index in [9.17, 15) is 40.5 Å². The Hall–Kier alpha value is -3.43. The van der Waals surface area contributed by atoms with Crippen molar-refractivity contribution in [2.45, 2.75) is 56.9 Å². The number of fused-ring (bicyclic) bond motifs is 1. The normalized spacial score (nSPS) is 30.9. The van der Waals surface area contributed by atoms with E-state index in [0.717, 1.165) is 12.1 Å². The molecule has 0 amide bonds. The molecule has 40 heavy (non-hydrogen) atoms. The molecule has 3 aromatic rings. The number of ether oxygens (including phenoxy) is 4. The molecule has 0 saturated carbocycles. The standard InChI is InChI=1S/C27H30O13/c1-10-3-4-12(5-13(10)28)17-6-14(29)20-18(38-17)7-19(23(34)24(20)35)39-27-25(22(33)16(31)9-37-27)40-26-21(32)11(2)15(30)8-36-26/h3-7,11,15-16,21-22,25-28,30-35H,8-9H2,1-2H3/t11-,15+,16+,21+,22-,25+,26-,27-/m0/s1. The van der Waals surface area contributed by atoms with Crippen LogP contribution in [-0.4, -0.2) is 92.1 Å². The molecule has 2 fully saturated rings. The van der Waals surface area contributed by atoms with E-state index in [0.29, 0.717) is 11.1 Å². The minimum absolute atomic E-state index is 0.0185. The van der Waals surface area contributed by atoms with Gasteiger partial charge in [-0.3, -0.25) is 4.79 Å². The van der Waals surface area contributed by atoms with E-state index in [1.807, 2.05) is 0 Å². The fraction of sp³-hybridized carbons (Fsp3) is 0.444. The molecule has 2 aromatic carbocycles. The predicted molar refractivity (Wildman–Crippen MR) is 136 cm³/mol. The zero-order valence-corrected chi connectivity index (χ0v) is 21.5. The van der Waals surface area contributed by atoms with Gasteiger partial charge < -0.3 is 59.1 Å². The highest BCUT2D eigenvalue weighted by atomic mass is 16.7. The number of phenolic OH excluding ortho intramolecular Hbond substituents is 3. The summed E-state index contributed by atoms with van der Waals surface area (Å²) in [5.41, 5.74) is 0.141. The van der Waals surface area contributed by atoms with Crippen molar-refractivity contribution >= 4 is 11.0 Å². The molecule has 216 valence electrons. The van der Waals surface area contributed by atoms with Crippen LogP contribution >= 0.6 is 0 Å². The predicted octanol–water partition coefficient (Wildman–Crippen LogP) is 0.442. The monoisotopic (exact) mass is 562 g/mol. The third-order valence-electron chi connectivity index (χ3n) is 7.25. The van der Waals surface area contributed by atoms with Crippen LogP contribution in [0.1, 0.15) is 12.5 Å². The van der Waals surface area contributed by atoms with Crippen molar-refractivity contribution < 1.29 is 59.1 Å². The summed E-state index contributed by atoms with van der Waals surface area (Å²) in [6, 6.07) is 6.90. The van der Waals surface area contributed by atoms with Gasteiger partial charge in [-0.1, -0.05) is 19.1 Å². The molecular formula is C27H30O13. The van der Waals surface area contributed by atoms with Crippen molar-refractivity contribution in [2.24, 2.45) is 5.92 Å². The maximum Gasteiger partial charge on any atom is 0.229 e. The molecule has 2 aliphatic rings. The number of phenols is 3. The van der Waals surface area contributed by atoms with Crippen molar-refractivity contribution in [3.63, 3.8) is 0 Å². The fourth-order valence-corrected chi connectivity index (χ4v) is 4.60. The first-order valence-corrected chi connectivity index (χ1v) is 12.6. The summed E-state index contributed by atoms with van der Waals surface area (Å²) in [5, 5.41) is 72.2. The van der Waals surface area contributed by atoms with E-state index < -0.39 is 71.7 Å². The Bertz CT molecular complexity index is 1450. The second kappa shape index (κ2) is 10.9. The van der Waals surface area contributed by atoms with Crippen LogP contribution in [0.2, 0.25) is 0 Å². The van der Waals surface area contributed by atoms with Crippen molar-refractivity contribution in [1.29, 1.82) is 0 Å². The summed E-state index contributed by atoms with van der Waals surface area (Å²) >= 11 is 0. The van der Waals surface area contributed by atoms with Gasteiger partial charge in [0.05, 0.1) is 19.3 Å². The van der Waals surface area contributed by atoms with E-state index in [-0.39, 0.29) is 35.7 Å². The summed E-state index contributed by atoms with van der Waals surface area (Å²) in [7, 11) is 0. The van der Waals surface area contributed by atoms with Gasteiger partial charge in [0.15, 0.2) is 29.3 Å². The van der Waals surface area contributed by atoms with Gasteiger partial charge in [0.25, 0.3) is 0 Å². The van der Waals surface area contributed by atoms with Gasteiger partial charge in [0.1, 0.15) is 40.8 Å². The van der Waals surface area contributed by atoms with Crippen LogP contribution in [-0.2, 0) is 14.2 Å². The second-order valence-electron chi connectivity index (χ2n) is 10.0. The Labute approximate surface area is 227 Å². The quantitative estimate of drug-likeness (QED) is 0.211. The molecule has 2 aliphatic heterocycles. The highest BCUT2D eigenvalue weighted by molar-refractivity contribution is 5.89. The number of rotatable bonds is 5. The van der Waals surface area contributed by atoms with Crippen LogP contribution in [0.15, 0.2) is 39.5 Å². The largest absolute Gasteiger partial charge is 0.508 e. The molecule has 13 nitrogen and oxygen atoms in total. The number of hydrogen-bond donors (Lipinski definition) is 7. The molecule has 0 bridgehead atoms. The molecule has 8 atom stereocenters. The van der Waals surface area contributed by atoms with Gasteiger partial charge in [0.2, 0.25) is 12.0 Å². The molecule has 0 radical (unpaired) electrons. The average molecular weight is 563 g/mol. The lowest BCUT2D eigenvalue weighted by atomic mass is 9.95. The number of aromatic hydroxyl groups is 3. The van der Waals surface area contributed by atoms with Crippen molar-refractivity contribution in [2.75, 3.05) is 13.2 Å². The third kappa shape index (κ3) is 5.08. The molecule has 7 N–H and O–H groups in total. The Morgan fingerprint density at radius 2 is 1.57 bits per heavy atom. The molecule has 3 heterocycles. The van der Waals surface area contributed by atoms with Crippen molar-refractivity contribution in [3.05, 3.63) is 46.1 Å². The number of aryl methyl sites for hydroxylation is 1. The minimum Gasteiger partial charge on any atom is -0.508 e. The van der Waals surface area contributed by atoms with Gasteiger partial charge in [-0.25, -0.2) is 0 Å². The molecule has 1 aromatic heterocycles. The van der Waals surface area contributed by atoms with Gasteiger partial charge in [-0.2, -0.15) is 0 Å². The lowest BCUT2D eigenvalue weighted by Gasteiger charge is -2.42. The number of benzene rings is 2. The number of aliphatic hydroxyl groups is 4. The lowest BCUT2D eigenvalue weighted by molar-refractivity contribution is -0.327. The molecule has 0 aliphatic carbocycles. The van der Waals surface area contributed by atoms with Crippen molar-refractivity contribution in [1.82, 2.24) is 0 Å². The zero-order valence-electron chi connectivity index (χ0n) is 21.5. The SMILES string of the molecule is Cc1ccc(-c2cc(=O)c3c(O)c(O)c(O[C@@H]4OC[C@@H](O)[C@H](O)[C@H]4O[C@@H]4OC[C@@H](O)[C@H](C)[C@H]4O)cc3o2)cc1O. The van der Waals surface area contributed by atoms with Crippen LogP contribution < -0.4 is 10.2 Å². The van der Waals surface area contributed by atoms with E-state index in [4.69, 9.17) is 23.4 Å². The van der Waals surface area contributed by atoms with Crippen LogP contribution in [0, 0.1) is 12.8 Å². The molecule has 0 unspecified atom stereocenters. The van der Waals surface area contributed by atoms with Crippen LogP contribution in [0.4, 0.5) is 0 Å². The molecule has 0 spiro atoms. The summed E-state index contributed by atoms with van der Waals surface area (Å²) in [6.45, 7) is 2.75. The van der Waals surface area contributed by atoms with Crippen LogP contribution in [0.3, 0.4) is 0 Å². The van der Waals surface area contributed by atoms with Gasteiger partial charge in [0, 0.05) is 23.6 Å². The molecular weight excluding hydrogens is 532 g/mol. The Kier molecular flexibility index (Phi) is 7.63. The summed E-state index contributed by atoms with van der Waals surface area (Å²) in [5.74, 6) is -2.64. The molecule has 2 saturated heterocycles. The first kappa shape index (κ1) is 28.1. The number of aliphatic hydroxyl groups excluding tert-OH is 4. The minimum atomic E-state index is -1.58. The maximum atomic E-state index is 12.8. The van der Waals surface area contributed by atoms with Crippen LogP contribution in [0.5, 0.6) is 23.0 Å². The van der Waals surface area contributed by atoms with E-state index in [2.05, 4.69) is 0 Å². The Balaban J connectivity index is 1.48. The molecule has 5 rings (SSSR count). The van der Waals surface area contributed by atoms with E-state index in [1.165, 1.54) is 6.07 Å². The topological polar surface area (TPSA) is 209 Å². The smallest absolute Gasteiger partial charge is 0.229 e. The first-order valence-electron chi connectivity index (χ1n) is 12.6. The highest BCUT2D eigenvalue weighted by Gasteiger charge is 2.46. The van der Waals surface area contributed by atoms with E-state index >= 15 is 0 Å². The van der Waals surface area contributed by atoms with Gasteiger partial charge in [-0.15, -0.1) is 0 Å². The van der Waals surface area contributed by atoms with Gasteiger partial charge >= 0.3 is 0 Å². The summed E-state index contributed by atoms with van der Waals surface area (Å²) in [6.07, 6.45) is -9.47. The Morgan fingerprint density at radius 1 is 0.875 bits per heavy atom. The van der Waals surface area contributed by atoms with Crippen LogP contribution in [0.25, 0.3) is 22.3 Å². The third-order valence-corrected chi connectivity index (χ3v) is 7.25. The zero-order chi connectivity index (χ0) is 28.9.